The fourth-order valence-electron chi connectivity index (χ4n) is 3.42. The normalized spacial score (nSPS) is 15.9. The molecule has 0 atom stereocenters. The van der Waals surface area contributed by atoms with Crippen LogP contribution in [0.15, 0.2) is 35.2 Å². The Balaban J connectivity index is 2.03. The van der Waals surface area contributed by atoms with Crippen LogP contribution in [-0.2, 0) is 24.8 Å². The zero-order valence-corrected chi connectivity index (χ0v) is 18.6. The molecule has 0 saturated carbocycles. The topological polar surface area (TPSA) is 119 Å². The Hall–Kier alpha value is -2.79. The monoisotopic (exact) mass is 454 g/mol. The number of hydrogen-bond donors (Lipinski definition) is 1. The molecular formula is C19H22N2O7S2. The molecule has 2 aromatic carbocycles. The highest BCUT2D eigenvalue weighted by Gasteiger charge is 2.37. The number of carbonyl (C=O) groups is 1. The minimum absolute atomic E-state index is 0.00633. The molecule has 30 heavy (non-hydrogen) atoms. The van der Waals surface area contributed by atoms with Crippen molar-refractivity contribution >= 4 is 37.3 Å². The second-order valence-electron chi connectivity index (χ2n) is 6.80. The summed E-state index contributed by atoms with van der Waals surface area (Å²) in [6.45, 7) is 3.09. The predicted molar refractivity (Wildman–Crippen MR) is 112 cm³/mol. The van der Waals surface area contributed by atoms with E-state index < -0.39 is 26.0 Å². The first-order valence-corrected chi connectivity index (χ1v) is 12.0. The van der Waals surface area contributed by atoms with Crippen LogP contribution in [-0.4, -0.2) is 42.7 Å². The van der Waals surface area contributed by atoms with Crippen LogP contribution in [0.5, 0.6) is 11.5 Å². The number of methoxy groups -OCH3 is 2. The van der Waals surface area contributed by atoms with Gasteiger partial charge in [0.05, 0.1) is 36.2 Å². The lowest BCUT2D eigenvalue weighted by Crippen LogP contribution is -2.29. The summed E-state index contributed by atoms with van der Waals surface area (Å²) >= 11 is 0. The van der Waals surface area contributed by atoms with E-state index in [4.69, 9.17) is 9.47 Å². The van der Waals surface area contributed by atoms with Gasteiger partial charge in [0.15, 0.2) is 0 Å². The van der Waals surface area contributed by atoms with Gasteiger partial charge in [0.2, 0.25) is 15.9 Å². The summed E-state index contributed by atoms with van der Waals surface area (Å²) in [7, 11) is -4.89. The molecule has 162 valence electrons. The fraction of sp³-hybridized carbons (Fsp3) is 0.316. The van der Waals surface area contributed by atoms with Crippen molar-refractivity contribution in [3.05, 3.63) is 41.5 Å². The molecule has 3 rings (SSSR count). The van der Waals surface area contributed by atoms with Gasteiger partial charge in [-0.2, -0.15) is 0 Å². The van der Waals surface area contributed by atoms with Crippen molar-refractivity contribution in [2.75, 3.05) is 29.0 Å². The zero-order chi connectivity index (χ0) is 22.3. The molecule has 1 amide bonds. The van der Waals surface area contributed by atoms with E-state index in [1.54, 1.807) is 26.0 Å². The van der Waals surface area contributed by atoms with E-state index in [0.717, 1.165) is 4.31 Å². The third-order valence-corrected chi connectivity index (χ3v) is 8.04. The average molecular weight is 455 g/mol. The van der Waals surface area contributed by atoms with Crippen LogP contribution in [0.1, 0.15) is 17.5 Å². The van der Waals surface area contributed by atoms with Crippen molar-refractivity contribution in [3.63, 3.8) is 0 Å². The lowest BCUT2D eigenvalue weighted by molar-refractivity contribution is -0.116. The zero-order valence-electron chi connectivity index (χ0n) is 16.9. The molecule has 9 nitrogen and oxygen atoms in total. The van der Waals surface area contributed by atoms with E-state index in [1.165, 1.54) is 32.4 Å². The minimum atomic E-state index is -4.03. The van der Waals surface area contributed by atoms with Crippen LogP contribution in [0.3, 0.4) is 0 Å². The summed E-state index contributed by atoms with van der Waals surface area (Å²) in [4.78, 5) is 12.0. The predicted octanol–water partition coefficient (Wildman–Crippen LogP) is 2.19. The minimum Gasteiger partial charge on any atom is -0.497 e. The maximum atomic E-state index is 13.1. The van der Waals surface area contributed by atoms with Gasteiger partial charge >= 0.3 is 0 Å². The van der Waals surface area contributed by atoms with Gasteiger partial charge in [-0.15, -0.1) is 0 Å². The summed E-state index contributed by atoms with van der Waals surface area (Å²) in [5, 5.41) is 0. The molecule has 0 bridgehead atoms. The number of hydrogen-bond acceptors (Lipinski definition) is 7. The SMILES string of the molecule is COc1ccc(NS(=O)(=O)c2c(C)cc(N3C(=O)CCS3(=O)=O)cc2C)c(OC)c1. The van der Waals surface area contributed by atoms with E-state index in [0.29, 0.717) is 16.9 Å². The summed E-state index contributed by atoms with van der Waals surface area (Å²) in [6, 6.07) is 7.42. The molecular weight excluding hydrogens is 432 g/mol. The summed E-state index contributed by atoms with van der Waals surface area (Å²) < 4.78 is 64.2. The van der Waals surface area contributed by atoms with Crippen LogP contribution in [0.2, 0.25) is 0 Å². The highest BCUT2D eigenvalue weighted by Crippen LogP contribution is 2.34. The number of nitrogens with one attached hydrogen (secondary N) is 1. The van der Waals surface area contributed by atoms with E-state index in [1.807, 2.05) is 0 Å². The van der Waals surface area contributed by atoms with Crippen LogP contribution in [0.4, 0.5) is 11.4 Å². The maximum absolute atomic E-state index is 13.1. The number of benzene rings is 2. The van der Waals surface area contributed by atoms with Gasteiger partial charge in [-0.1, -0.05) is 0 Å². The summed E-state index contributed by atoms with van der Waals surface area (Å²) in [6.07, 6.45) is -0.0979. The molecule has 0 spiro atoms. The first kappa shape index (κ1) is 21.9. The molecule has 1 aliphatic rings. The lowest BCUT2D eigenvalue weighted by atomic mass is 10.1. The number of carbonyl (C=O) groups excluding carboxylic acids is 1. The van der Waals surface area contributed by atoms with Crippen molar-refractivity contribution in [2.24, 2.45) is 0 Å². The molecule has 0 radical (unpaired) electrons. The molecule has 1 aliphatic heterocycles. The summed E-state index contributed by atoms with van der Waals surface area (Å²) in [5.41, 5.74) is 0.965. The molecule has 11 heteroatoms. The Bertz CT molecular complexity index is 1200. The Kier molecular flexibility index (Phi) is 5.70. The van der Waals surface area contributed by atoms with Crippen molar-refractivity contribution in [1.29, 1.82) is 0 Å². The lowest BCUT2D eigenvalue weighted by Gasteiger charge is -2.20. The molecule has 0 aliphatic carbocycles. The van der Waals surface area contributed by atoms with Crippen molar-refractivity contribution in [2.45, 2.75) is 25.2 Å². The van der Waals surface area contributed by atoms with E-state index >= 15 is 0 Å². The van der Waals surface area contributed by atoms with E-state index in [9.17, 15) is 21.6 Å². The molecule has 1 fully saturated rings. The van der Waals surface area contributed by atoms with Gasteiger partial charge in [0.25, 0.3) is 10.0 Å². The molecule has 1 saturated heterocycles. The Morgan fingerprint density at radius 2 is 1.67 bits per heavy atom. The van der Waals surface area contributed by atoms with Gasteiger partial charge in [-0.3, -0.25) is 9.52 Å². The quantitative estimate of drug-likeness (QED) is 0.710. The number of anilines is 2. The third kappa shape index (κ3) is 3.94. The standard InChI is InChI=1S/C19H22N2O7S2/c1-12-9-14(21-18(22)7-8-29(21,23)24)10-13(2)19(12)30(25,26)20-16-6-5-15(27-3)11-17(16)28-4/h5-6,9-11,20H,7-8H2,1-4H3. The average Bonchev–Trinajstić information content (AvgIpc) is 2.93. The van der Waals surface area contributed by atoms with Gasteiger partial charge in [-0.25, -0.2) is 21.1 Å². The van der Waals surface area contributed by atoms with Gasteiger partial charge < -0.3 is 9.47 Å². The van der Waals surface area contributed by atoms with E-state index in [2.05, 4.69) is 4.72 Å². The number of rotatable bonds is 6. The van der Waals surface area contributed by atoms with Gasteiger partial charge in [-0.05, 0) is 49.2 Å². The van der Waals surface area contributed by atoms with Gasteiger partial charge in [0.1, 0.15) is 11.5 Å². The number of aryl methyl sites for hydroxylation is 2. The van der Waals surface area contributed by atoms with Crippen LogP contribution in [0, 0.1) is 13.8 Å². The fourth-order valence-corrected chi connectivity index (χ4v) is 6.39. The first-order valence-electron chi connectivity index (χ1n) is 8.92. The molecule has 1 heterocycles. The van der Waals surface area contributed by atoms with Crippen LogP contribution >= 0.6 is 0 Å². The first-order chi connectivity index (χ1) is 14.0. The Labute approximate surface area is 175 Å². The number of amides is 1. The number of sulfonamides is 2. The molecule has 1 N–H and O–H groups in total. The second-order valence-corrected chi connectivity index (χ2v) is 10.4. The smallest absolute Gasteiger partial charge is 0.262 e. The van der Waals surface area contributed by atoms with Crippen LogP contribution in [0.25, 0.3) is 0 Å². The number of ether oxygens (including phenoxy) is 2. The van der Waals surface area contributed by atoms with Crippen molar-refractivity contribution < 1.29 is 31.1 Å². The number of nitrogens with zero attached hydrogens (tertiary/aromatic N) is 1. The maximum Gasteiger partial charge on any atom is 0.262 e. The Morgan fingerprint density at radius 1 is 1.03 bits per heavy atom. The summed E-state index contributed by atoms with van der Waals surface area (Å²) in [5.74, 6) is -0.0184. The molecule has 0 unspecified atom stereocenters. The van der Waals surface area contributed by atoms with E-state index in [-0.39, 0.29) is 34.2 Å². The van der Waals surface area contributed by atoms with Crippen molar-refractivity contribution in [1.82, 2.24) is 0 Å². The van der Waals surface area contributed by atoms with Gasteiger partial charge in [0, 0.05) is 12.5 Å². The largest absolute Gasteiger partial charge is 0.497 e. The highest BCUT2D eigenvalue weighted by atomic mass is 32.2. The second kappa shape index (κ2) is 7.80. The van der Waals surface area contributed by atoms with Crippen LogP contribution < -0.4 is 18.5 Å². The molecule has 2 aromatic rings. The Morgan fingerprint density at radius 3 is 2.17 bits per heavy atom. The third-order valence-electron chi connectivity index (χ3n) is 4.68. The van der Waals surface area contributed by atoms with Crippen molar-refractivity contribution in [3.8, 4) is 11.5 Å². The highest BCUT2D eigenvalue weighted by molar-refractivity contribution is 7.94. The molecule has 0 aromatic heterocycles.